The van der Waals surface area contributed by atoms with Crippen LogP contribution in [0.4, 0.5) is 0 Å². The minimum atomic E-state index is -0.0691. The summed E-state index contributed by atoms with van der Waals surface area (Å²) >= 11 is 1.28. The van der Waals surface area contributed by atoms with Crippen molar-refractivity contribution in [2.75, 3.05) is 19.1 Å². The lowest BCUT2D eigenvalue weighted by Crippen LogP contribution is -2.27. The molecule has 2 aromatic rings. The molecule has 0 saturated heterocycles. The van der Waals surface area contributed by atoms with Gasteiger partial charge in [0.25, 0.3) is 0 Å². The van der Waals surface area contributed by atoms with Crippen LogP contribution in [-0.4, -0.2) is 45.0 Å². The lowest BCUT2D eigenvalue weighted by Gasteiger charge is -2.12. The highest BCUT2D eigenvalue weighted by Crippen LogP contribution is 2.38. The van der Waals surface area contributed by atoms with E-state index in [-0.39, 0.29) is 18.4 Å². The summed E-state index contributed by atoms with van der Waals surface area (Å²) in [6.45, 7) is 4.44. The van der Waals surface area contributed by atoms with E-state index in [1.165, 1.54) is 22.4 Å². The van der Waals surface area contributed by atoms with Crippen LogP contribution in [0.25, 0.3) is 5.69 Å². The highest BCUT2D eigenvalue weighted by Gasteiger charge is 2.16. The first-order chi connectivity index (χ1) is 11.0. The average molecular weight is 338 g/mol. The Labute approximate surface area is 139 Å². The zero-order chi connectivity index (χ0) is 16.8. The number of thioether (sulfide) groups is 1. The number of hydrogen-bond acceptors (Lipinski definition) is 6. The number of nitrogens with zero attached hydrogens (tertiary/aromatic N) is 1. The second-order valence-corrected chi connectivity index (χ2v) is 6.38. The Hall–Kier alpha value is -1.83. The third-order valence-corrected chi connectivity index (χ3v) is 4.07. The van der Waals surface area contributed by atoms with Crippen LogP contribution in [0.3, 0.4) is 0 Å². The zero-order valence-corrected chi connectivity index (χ0v) is 14.0. The lowest BCUT2D eigenvalue weighted by molar-refractivity contribution is 0.270. The molecule has 0 spiro atoms. The summed E-state index contributed by atoms with van der Waals surface area (Å²) < 4.78 is 6.94. The SMILES string of the molecule is CC(C)NCOc1cccc(-n2c(O)cc(SCCO)c2O)c1. The molecule has 0 unspecified atom stereocenters. The molecule has 126 valence electrons. The van der Waals surface area contributed by atoms with Gasteiger partial charge in [-0.15, -0.1) is 11.8 Å². The molecule has 7 heteroatoms. The molecule has 0 radical (unpaired) electrons. The summed E-state index contributed by atoms with van der Waals surface area (Å²) in [6, 6.07) is 8.90. The zero-order valence-electron chi connectivity index (χ0n) is 13.2. The van der Waals surface area contributed by atoms with Crippen molar-refractivity contribution in [2.24, 2.45) is 0 Å². The molecule has 23 heavy (non-hydrogen) atoms. The Morgan fingerprint density at radius 1 is 1.26 bits per heavy atom. The molecule has 0 aliphatic carbocycles. The van der Waals surface area contributed by atoms with Gasteiger partial charge in [0.05, 0.1) is 17.2 Å². The maximum Gasteiger partial charge on any atom is 0.212 e. The van der Waals surface area contributed by atoms with Crippen LogP contribution in [0.5, 0.6) is 17.5 Å². The molecule has 0 atom stereocenters. The third-order valence-electron chi connectivity index (χ3n) is 3.08. The Morgan fingerprint density at radius 3 is 2.74 bits per heavy atom. The Morgan fingerprint density at radius 2 is 2.04 bits per heavy atom. The van der Waals surface area contributed by atoms with Gasteiger partial charge in [0.15, 0.2) is 5.88 Å². The minimum absolute atomic E-state index is 0.00221. The maximum atomic E-state index is 10.3. The first-order valence-corrected chi connectivity index (χ1v) is 8.35. The van der Waals surface area contributed by atoms with E-state index in [9.17, 15) is 10.2 Å². The van der Waals surface area contributed by atoms with Gasteiger partial charge in [-0.3, -0.25) is 9.88 Å². The second kappa shape index (κ2) is 8.14. The Balaban J connectivity index is 2.20. The first-order valence-electron chi connectivity index (χ1n) is 7.37. The highest BCUT2D eigenvalue weighted by atomic mass is 32.2. The van der Waals surface area contributed by atoms with Gasteiger partial charge in [0.1, 0.15) is 12.5 Å². The molecule has 0 saturated carbocycles. The number of ether oxygens (including phenoxy) is 1. The number of nitrogens with one attached hydrogen (secondary N) is 1. The summed E-state index contributed by atoms with van der Waals surface area (Å²) in [4.78, 5) is 0.518. The summed E-state index contributed by atoms with van der Waals surface area (Å²) in [5, 5.41) is 32.4. The summed E-state index contributed by atoms with van der Waals surface area (Å²) in [5.74, 6) is 0.952. The van der Waals surface area contributed by atoms with E-state index in [4.69, 9.17) is 9.84 Å². The van der Waals surface area contributed by atoms with Gasteiger partial charge in [0, 0.05) is 23.9 Å². The van der Waals surface area contributed by atoms with Gasteiger partial charge in [-0.2, -0.15) is 0 Å². The highest BCUT2D eigenvalue weighted by molar-refractivity contribution is 7.99. The molecule has 1 aromatic heterocycles. The number of aliphatic hydroxyl groups excluding tert-OH is 1. The van der Waals surface area contributed by atoms with E-state index >= 15 is 0 Å². The molecule has 0 amide bonds. The fourth-order valence-corrected chi connectivity index (χ4v) is 2.71. The first kappa shape index (κ1) is 17.5. The lowest BCUT2D eigenvalue weighted by atomic mass is 10.3. The summed E-state index contributed by atoms with van der Waals surface area (Å²) in [5.41, 5.74) is 0.595. The molecule has 1 aromatic carbocycles. The predicted octanol–water partition coefficient (Wildman–Crippen LogP) is 2.31. The number of aliphatic hydroxyl groups is 1. The quantitative estimate of drug-likeness (QED) is 0.436. The topological polar surface area (TPSA) is 86.9 Å². The fourth-order valence-electron chi connectivity index (χ4n) is 1.99. The molecular weight excluding hydrogens is 316 g/mol. The van der Waals surface area contributed by atoms with E-state index in [2.05, 4.69) is 5.32 Å². The normalized spacial score (nSPS) is 11.1. The Bertz CT molecular complexity index is 643. The number of hydrogen-bond donors (Lipinski definition) is 4. The molecule has 0 fully saturated rings. The Kier molecular flexibility index (Phi) is 6.20. The van der Waals surface area contributed by atoms with Crippen molar-refractivity contribution in [1.29, 1.82) is 0 Å². The van der Waals surface area contributed by atoms with Crippen molar-refractivity contribution in [3.63, 3.8) is 0 Å². The molecule has 6 nitrogen and oxygen atoms in total. The van der Waals surface area contributed by atoms with Crippen molar-refractivity contribution in [3.8, 4) is 23.2 Å². The van der Waals surface area contributed by atoms with Gasteiger partial charge in [-0.05, 0) is 26.0 Å². The van der Waals surface area contributed by atoms with Crippen LogP contribution in [0.2, 0.25) is 0 Å². The molecule has 2 rings (SSSR count). The number of rotatable bonds is 8. The van der Waals surface area contributed by atoms with Crippen LogP contribution in [0.1, 0.15) is 13.8 Å². The van der Waals surface area contributed by atoms with Gasteiger partial charge in [0.2, 0.25) is 5.88 Å². The third kappa shape index (κ3) is 4.57. The van der Waals surface area contributed by atoms with Crippen molar-refractivity contribution in [3.05, 3.63) is 30.3 Å². The van der Waals surface area contributed by atoms with Gasteiger partial charge in [-0.1, -0.05) is 6.07 Å². The minimum Gasteiger partial charge on any atom is -0.494 e. The number of aromatic hydroxyl groups is 2. The monoisotopic (exact) mass is 338 g/mol. The van der Waals surface area contributed by atoms with Crippen molar-refractivity contribution in [2.45, 2.75) is 24.8 Å². The molecule has 0 aliphatic rings. The van der Waals surface area contributed by atoms with E-state index in [1.54, 1.807) is 18.2 Å². The smallest absolute Gasteiger partial charge is 0.212 e. The van der Waals surface area contributed by atoms with Gasteiger partial charge >= 0.3 is 0 Å². The van der Waals surface area contributed by atoms with E-state index in [0.29, 0.717) is 34.9 Å². The van der Waals surface area contributed by atoms with E-state index in [1.807, 2.05) is 19.9 Å². The van der Waals surface area contributed by atoms with Crippen molar-refractivity contribution in [1.82, 2.24) is 9.88 Å². The van der Waals surface area contributed by atoms with E-state index in [0.717, 1.165) is 0 Å². The second-order valence-electron chi connectivity index (χ2n) is 5.24. The summed E-state index contributed by atoms with van der Waals surface area (Å²) in [7, 11) is 0. The molecular formula is C16H22N2O4S. The van der Waals surface area contributed by atoms with Crippen LogP contribution in [0.15, 0.2) is 35.2 Å². The molecule has 1 heterocycles. The van der Waals surface area contributed by atoms with Crippen LogP contribution < -0.4 is 10.1 Å². The van der Waals surface area contributed by atoms with Gasteiger partial charge in [-0.25, -0.2) is 0 Å². The fraction of sp³-hybridized carbons (Fsp3) is 0.375. The molecule has 4 N–H and O–H groups in total. The maximum absolute atomic E-state index is 10.3. The van der Waals surface area contributed by atoms with Gasteiger partial charge < -0.3 is 20.1 Å². The van der Waals surface area contributed by atoms with Crippen LogP contribution in [0, 0.1) is 0 Å². The van der Waals surface area contributed by atoms with E-state index < -0.39 is 0 Å². The molecule has 0 bridgehead atoms. The number of benzene rings is 1. The van der Waals surface area contributed by atoms with Crippen LogP contribution >= 0.6 is 11.8 Å². The largest absolute Gasteiger partial charge is 0.494 e. The summed E-state index contributed by atoms with van der Waals surface area (Å²) in [6.07, 6.45) is 0. The predicted molar refractivity (Wildman–Crippen MR) is 90.7 cm³/mol. The molecule has 0 aliphatic heterocycles. The van der Waals surface area contributed by atoms with Crippen LogP contribution in [-0.2, 0) is 0 Å². The van der Waals surface area contributed by atoms with Crippen molar-refractivity contribution >= 4 is 11.8 Å². The average Bonchev–Trinajstić information content (AvgIpc) is 2.79. The number of aromatic nitrogens is 1. The standard InChI is InChI=1S/C16H22N2O4S/c1-11(2)17-10-22-13-5-3-4-12(8-13)18-15(20)9-14(16(18)21)23-7-6-19/h3-5,8-9,11,17,19-21H,6-7,10H2,1-2H3. The van der Waals surface area contributed by atoms with Crippen molar-refractivity contribution < 1.29 is 20.1 Å².